The zero-order chi connectivity index (χ0) is 12.3. The van der Waals surface area contributed by atoms with Crippen LogP contribution < -0.4 is 0 Å². The maximum Gasteiger partial charge on any atom is 0.165 e. The van der Waals surface area contributed by atoms with Gasteiger partial charge in [-0.25, -0.2) is 0 Å². The molecule has 1 aromatic carbocycles. The zero-order valence-corrected chi connectivity index (χ0v) is 11.4. The summed E-state index contributed by atoms with van der Waals surface area (Å²) in [5, 5.41) is 0.793. The van der Waals surface area contributed by atoms with Gasteiger partial charge < -0.3 is 0 Å². The van der Waals surface area contributed by atoms with E-state index in [1.54, 1.807) is 0 Å². The van der Waals surface area contributed by atoms with E-state index in [0.717, 1.165) is 10.8 Å². The van der Waals surface area contributed by atoms with Gasteiger partial charge >= 0.3 is 0 Å². The first-order valence-electron chi connectivity index (χ1n) is 6.48. The van der Waals surface area contributed by atoms with Crippen LogP contribution in [0.4, 0.5) is 0 Å². The number of ketones is 1. The number of thioether (sulfide) groups is 1. The maximum absolute atomic E-state index is 11.8. The van der Waals surface area contributed by atoms with Gasteiger partial charge in [-0.05, 0) is 25.0 Å². The molecule has 92 valence electrons. The molecule has 1 aliphatic rings. The molecule has 0 bridgehead atoms. The number of carbonyl (C=O) groups is 1. The van der Waals surface area contributed by atoms with Crippen LogP contribution in [-0.4, -0.2) is 11.0 Å². The molecule has 0 spiro atoms. The third-order valence-corrected chi connectivity index (χ3v) is 4.62. The smallest absolute Gasteiger partial charge is 0.165 e. The van der Waals surface area contributed by atoms with Gasteiger partial charge in [-0.2, -0.15) is 0 Å². The normalized spacial score (nSPS) is 16.6. The highest BCUT2D eigenvalue weighted by molar-refractivity contribution is 8.00. The van der Waals surface area contributed by atoms with Crippen LogP contribution in [0.5, 0.6) is 0 Å². The van der Waals surface area contributed by atoms with E-state index in [9.17, 15) is 4.79 Å². The topological polar surface area (TPSA) is 17.1 Å². The molecule has 2 heteroatoms. The number of rotatable bonds is 4. The Kier molecular flexibility index (Phi) is 4.27. The molecule has 0 aromatic heterocycles. The molecule has 0 heterocycles. The van der Waals surface area contributed by atoms with Gasteiger partial charge in [-0.3, -0.25) is 4.79 Å². The van der Waals surface area contributed by atoms with Gasteiger partial charge in [0.05, 0.1) is 0 Å². The molecule has 0 amide bonds. The summed E-state index contributed by atoms with van der Waals surface area (Å²) in [5.74, 6) is 0.325. The molecule has 0 aliphatic heterocycles. The van der Waals surface area contributed by atoms with Crippen LogP contribution in [0, 0.1) is 5.92 Å². The number of benzene rings is 1. The lowest BCUT2D eigenvalue weighted by atomic mass is 10.0. The highest BCUT2D eigenvalue weighted by atomic mass is 32.2. The van der Waals surface area contributed by atoms with Crippen molar-refractivity contribution in [2.45, 2.75) is 49.7 Å². The fraction of sp³-hybridized carbons (Fsp3) is 0.533. The van der Waals surface area contributed by atoms with Gasteiger partial charge in [0, 0.05) is 21.6 Å². The monoisotopic (exact) mass is 248 g/mol. The van der Waals surface area contributed by atoms with E-state index in [2.05, 4.69) is 12.1 Å². The summed E-state index contributed by atoms with van der Waals surface area (Å²) in [7, 11) is 0. The van der Waals surface area contributed by atoms with Crippen molar-refractivity contribution < 1.29 is 4.79 Å². The Morgan fingerprint density at radius 2 is 1.76 bits per heavy atom. The molecule has 1 saturated carbocycles. The second kappa shape index (κ2) is 5.72. The van der Waals surface area contributed by atoms with Crippen LogP contribution in [0.1, 0.15) is 49.9 Å². The van der Waals surface area contributed by atoms with Gasteiger partial charge in [0.25, 0.3) is 0 Å². The maximum atomic E-state index is 11.8. The average molecular weight is 248 g/mol. The minimum atomic E-state index is 0.0864. The van der Waals surface area contributed by atoms with Gasteiger partial charge in [0.2, 0.25) is 0 Å². The number of Topliss-reactive ketones (excluding diaryl/α,β-unsaturated/α-hetero) is 1. The fourth-order valence-corrected chi connectivity index (χ4v) is 3.48. The summed E-state index contributed by atoms with van der Waals surface area (Å²) in [4.78, 5) is 13.1. The van der Waals surface area contributed by atoms with E-state index in [1.165, 1.54) is 30.6 Å². The molecule has 17 heavy (non-hydrogen) atoms. The highest BCUT2D eigenvalue weighted by Crippen LogP contribution is 2.34. The molecule has 1 aromatic rings. The van der Waals surface area contributed by atoms with Crippen molar-refractivity contribution in [2.75, 3.05) is 0 Å². The summed E-state index contributed by atoms with van der Waals surface area (Å²) >= 11 is 1.97. The first-order chi connectivity index (χ1) is 8.16. The molecule has 0 radical (unpaired) electrons. The Labute approximate surface area is 108 Å². The largest absolute Gasteiger partial charge is 0.294 e. The third kappa shape index (κ3) is 3.35. The first kappa shape index (κ1) is 12.7. The molecule has 1 fully saturated rings. The van der Waals surface area contributed by atoms with E-state index < -0.39 is 0 Å². The average Bonchev–Trinajstić information content (AvgIpc) is 2.82. The Balaban J connectivity index is 1.99. The van der Waals surface area contributed by atoms with Crippen molar-refractivity contribution in [3.8, 4) is 0 Å². The van der Waals surface area contributed by atoms with E-state index in [-0.39, 0.29) is 11.7 Å². The van der Waals surface area contributed by atoms with Crippen LogP contribution in [0.25, 0.3) is 0 Å². The van der Waals surface area contributed by atoms with E-state index in [0.29, 0.717) is 0 Å². The number of hydrogen-bond donors (Lipinski definition) is 0. The molecule has 1 aliphatic carbocycles. The lowest BCUT2D eigenvalue weighted by Crippen LogP contribution is -2.06. The lowest BCUT2D eigenvalue weighted by Gasteiger charge is -2.09. The van der Waals surface area contributed by atoms with Crippen molar-refractivity contribution in [3.05, 3.63) is 29.8 Å². The predicted octanol–water partition coefficient (Wildman–Crippen LogP) is 4.56. The van der Waals surface area contributed by atoms with Crippen molar-refractivity contribution in [2.24, 2.45) is 5.92 Å². The summed E-state index contributed by atoms with van der Waals surface area (Å²) in [6.07, 6.45) is 5.44. The summed E-state index contributed by atoms with van der Waals surface area (Å²) in [6.45, 7) is 3.90. The molecular formula is C15H20OS. The molecule has 1 nitrogen and oxygen atoms in total. The molecule has 0 unspecified atom stereocenters. The fourth-order valence-electron chi connectivity index (χ4n) is 2.23. The molecule has 2 rings (SSSR count). The van der Waals surface area contributed by atoms with Gasteiger partial charge in [0.1, 0.15) is 0 Å². The van der Waals surface area contributed by atoms with Crippen LogP contribution in [-0.2, 0) is 0 Å². The van der Waals surface area contributed by atoms with Crippen LogP contribution >= 0.6 is 11.8 Å². The Bertz CT molecular complexity index is 374. The number of carbonyl (C=O) groups excluding carboxylic acids is 1. The van der Waals surface area contributed by atoms with Crippen molar-refractivity contribution >= 4 is 17.5 Å². The van der Waals surface area contributed by atoms with Crippen molar-refractivity contribution in [1.29, 1.82) is 0 Å². The summed E-state index contributed by atoms with van der Waals surface area (Å²) in [6, 6.07) is 8.14. The predicted molar refractivity (Wildman–Crippen MR) is 73.7 cm³/mol. The van der Waals surface area contributed by atoms with Crippen molar-refractivity contribution in [1.82, 2.24) is 0 Å². The van der Waals surface area contributed by atoms with Crippen LogP contribution in [0.3, 0.4) is 0 Å². The SMILES string of the molecule is CC(C)C(=O)c1ccc(SC2CCCC2)cc1. The quantitative estimate of drug-likeness (QED) is 0.727. The third-order valence-electron chi connectivity index (χ3n) is 3.27. The molecule has 0 N–H and O–H groups in total. The minimum absolute atomic E-state index is 0.0864. The second-order valence-electron chi connectivity index (χ2n) is 5.07. The zero-order valence-electron chi connectivity index (χ0n) is 10.6. The first-order valence-corrected chi connectivity index (χ1v) is 7.35. The minimum Gasteiger partial charge on any atom is -0.294 e. The Hall–Kier alpha value is -0.760. The molecule has 0 atom stereocenters. The van der Waals surface area contributed by atoms with Gasteiger partial charge in [-0.1, -0.05) is 38.8 Å². The van der Waals surface area contributed by atoms with E-state index >= 15 is 0 Å². The van der Waals surface area contributed by atoms with Crippen LogP contribution in [0.2, 0.25) is 0 Å². The van der Waals surface area contributed by atoms with E-state index in [4.69, 9.17) is 0 Å². The van der Waals surface area contributed by atoms with E-state index in [1.807, 2.05) is 37.7 Å². The molecular weight excluding hydrogens is 228 g/mol. The van der Waals surface area contributed by atoms with Gasteiger partial charge in [-0.15, -0.1) is 11.8 Å². The Morgan fingerprint density at radius 3 is 2.29 bits per heavy atom. The summed E-state index contributed by atoms with van der Waals surface area (Å²) < 4.78 is 0. The molecule has 0 saturated heterocycles. The summed E-state index contributed by atoms with van der Waals surface area (Å²) in [5.41, 5.74) is 0.843. The van der Waals surface area contributed by atoms with Crippen molar-refractivity contribution in [3.63, 3.8) is 0 Å². The highest BCUT2D eigenvalue weighted by Gasteiger charge is 2.16. The Morgan fingerprint density at radius 1 is 1.18 bits per heavy atom. The van der Waals surface area contributed by atoms with Gasteiger partial charge in [0.15, 0.2) is 5.78 Å². The lowest BCUT2D eigenvalue weighted by molar-refractivity contribution is 0.0939. The second-order valence-corrected chi connectivity index (χ2v) is 6.44. The number of hydrogen-bond acceptors (Lipinski definition) is 2. The van der Waals surface area contributed by atoms with Crippen LogP contribution in [0.15, 0.2) is 29.2 Å². The standard InChI is InChI=1S/C15H20OS/c1-11(2)15(16)12-7-9-14(10-8-12)17-13-5-3-4-6-13/h7-11,13H,3-6H2,1-2H3.